The summed E-state index contributed by atoms with van der Waals surface area (Å²) in [6.45, 7) is 6.71. The topological polar surface area (TPSA) is 17.1 Å². The van der Waals surface area contributed by atoms with Crippen molar-refractivity contribution in [3.8, 4) is 0 Å². The Morgan fingerprint density at radius 3 is 2.36 bits per heavy atom. The molecular formula is C10H18O. The first kappa shape index (κ1) is 8.76. The maximum atomic E-state index is 10.7. The summed E-state index contributed by atoms with van der Waals surface area (Å²) in [7, 11) is 0. The lowest BCUT2D eigenvalue weighted by Crippen LogP contribution is -2.29. The van der Waals surface area contributed by atoms with Crippen molar-refractivity contribution in [1.29, 1.82) is 0 Å². The Morgan fingerprint density at radius 1 is 1.18 bits per heavy atom. The second-order valence-electron chi connectivity index (χ2n) is 4.21. The van der Waals surface area contributed by atoms with E-state index in [4.69, 9.17) is 0 Å². The van der Waals surface area contributed by atoms with E-state index in [1.54, 1.807) is 0 Å². The highest BCUT2D eigenvalue weighted by atomic mass is 16.1. The summed E-state index contributed by atoms with van der Waals surface area (Å²) >= 11 is 0. The molecule has 0 spiro atoms. The van der Waals surface area contributed by atoms with Crippen molar-refractivity contribution in [2.45, 2.75) is 33.6 Å². The van der Waals surface area contributed by atoms with Crippen molar-refractivity contribution in [2.24, 2.45) is 23.7 Å². The van der Waals surface area contributed by atoms with Crippen LogP contribution in [0.25, 0.3) is 0 Å². The fraction of sp³-hybridized carbons (Fsp3) is 0.900. The molecule has 4 atom stereocenters. The zero-order valence-corrected chi connectivity index (χ0v) is 7.71. The molecule has 0 aromatic heterocycles. The molecule has 1 aliphatic carbocycles. The van der Waals surface area contributed by atoms with Gasteiger partial charge in [0.1, 0.15) is 6.29 Å². The van der Waals surface area contributed by atoms with E-state index in [1.165, 1.54) is 6.42 Å². The number of rotatable bonds is 1. The standard InChI is InChI=1S/C10H18O/c1-7-4-8(2)9(3)10(5-7)6-11/h6-10H,4-5H2,1-3H3/t7-,8+,9+,10?/m1/s1. The summed E-state index contributed by atoms with van der Waals surface area (Å²) < 4.78 is 0. The molecule has 0 radical (unpaired) electrons. The third-order valence-electron chi connectivity index (χ3n) is 3.20. The van der Waals surface area contributed by atoms with Gasteiger partial charge in [0.25, 0.3) is 0 Å². The predicted molar refractivity (Wildman–Crippen MR) is 46.3 cm³/mol. The second-order valence-corrected chi connectivity index (χ2v) is 4.21. The summed E-state index contributed by atoms with van der Waals surface area (Å²) in [5.41, 5.74) is 0. The van der Waals surface area contributed by atoms with E-state index in [9.17, 15) is 4.79 Å². The molecule has 11 heavy (non-hydrogen) atoms. The molecule has 1 saturated carbocycles. The van der Waals surface area contributed by atoms with Crippen LogP contribution in [0, 0.1) is 23.7 Å². The number of hydrogen-bond acceptors (Lipinski definition) is 1. The van der Waals surface area contributed by atoms with Gasteiger partial charge in [-0.15, -0.1) is 0 Å². The van der Waals surface area contributed by atoms with Gasteiger partial charge in [-0.1, -0.05) is 20.8 Å². The monoisotopic (exact) mass is 154 g/mol. The van der Waals surface area contributed by atoms with Crippen LogP contribution >= 0.6 is 0 Å². The van der Waals surface area contributed by atoms with E-state index in [0.717, 1.165) is 24.5 Å². The molecule has 1 fully saturated rings. The maximum absolute atomic E-state index is 10.7. The van der Waals surface area contributed by atoms with Crippen molar-refractivity contribution < 1.29 is 4.79 Å². The normalized spacial score (nSPS) is 45.4. The van der Waals surface area contributed by atoms with E-state index in [0.29, 0.717) is 11.8 Å². The lowest BCUT2D eigenvalue weighted by atomic mass is 9.70. The summed E-state index contributed by atoms with van der Waals surface area (Å²) in [5, 5.41) is 0. The summed E-state index contributed by atoms with van der Waals surface area (Å²) in [6, 6.07) is 0. The molecule has 0 aromatic rings. The highest BCUT2D eigenvalue weighted by molar-refractivity contribution is 5.54. The Labute approximate surface area is 69.2 Å². The molecular weight excluding hydrogens is 136 g/mol. The first-order valence-corrected chi connectivity index (χ1v) is 4.60. The fourth-order valence-corrected chi connectivity index (χ4v) is 2.23. The van der Waals surface area contributed by atoms with Crippen LogP contribution in [0.2, 0.25) is 0 Å². The van der Waals surface area contributed by atoms with Gasteiger partial charge in [-0.05, 0) is 30.6 Å². The quantitative estimate of drug-likeness (QED) is 0.530. The molecule has 64 valence electrons. The Morgan fingerprint density at radius 2 is 1.82 bits per heavy atom. The molecule has 0 N–H and O–H groups in total. The van der Waals surface area contributed by atoms with E-state index < -0.39 is 0 Å². The Hall–Kier alpha value is -0.330. The largest absolute Gasteiger partial charge is 0.303 e. The van der Waals surface area contributed by atoms with Gasteiger partial charge in [-0.3, -0.25) is 0 Å². The lowest BCUT2D eigenvalue weighted by molar-refractivity contribution is -0.114. The molecule has 0 aliphatic heterocycles. The van der Waals surface area contributed by atoms with E-state index >= 15 is 0 Å². The molecule has 1 unspecified atom stereocenters. The number of aldehydes is 1. The van der Waals surface area contributed by atoms with Gasteiger partial charge in [0.2, 0.25) is 0 Å². The predicted octanol–water partition coefficient (Wildman–Crippen LogP) is 2.50. The minimum Gasteiger partial charge on any atom is -0.303 e. The second kappa shape index (κ2) is 3.38. The third kappa shape index (κ3) is 1.82. The number of carbonyl (C=O) groups is 1. The van der Waals surface area contributed by atoms with Crippen LogP contribution in [0.3, 0.4) is 0 Å². The van der Waals surface area contributed by atoms with E-state index in [2.05, 4.69) is 20.8 Å². The molecule has 0 saturated heterocycles. The molecule has 0 aromatic carbocycles. The highest BCUT2D eigenvalue weighted by Crippen LogP contribution is 2.36. The minimum atomic E-state index is 0.328. The Balaban J connectivity index is 2.58. The van der Waals surface area contributed by atoms with E-state index in [1.807, 2.05) is 0 Å². The van der Waals surface area contributed by atoms with Gasteiger partial charge in [0.05, 0.1) is 0 Å². The van der Waals surface area contributed by atoms with Crippen molar-refractivity contribution in [1.82, 2.24) is 0 Å². The first-order chi connectivity index (χ1) is 5.15. The smallest absolute Gasteiger partial charge is 0.123 e. The third-order valence-corrected chi connectivity index (χ3v) is 3.20. The van der Waals surface area contributed by atoms with Crippen LogP contribution in [0.15, 0.2) is 0 Å². The van der Waals surface area contributed by atoms with Crippen LogP contribution in [-0.2, 0) is 4.79 Å². The van der Waals surface area contributed by atoms with Crippen molar-refractivity contribution in [3.63, 3.8) is 0 Å². The highest BCUT2D eigenvalue weighted by Gasteiger charge is 2.30. The summed E-state index contributed by atoms with van der Waals surface area (Å²) in [6.07, 6.45) is 3.55. The molecule has 0 heterocycles. The Bertz CT molecular complexity index is 142. The van der Waals surface area contributed by atoms with Gasteiger partial charge in [0, 0.05) is 5.92 Å². The first-order valence-electron chi connectivity index (χ1n) is 4.60. The van der Waals surface area contributed by atoms with Crippen molar-refractivity contribution in [2.75, 3.05) is 0 Å². The average molecular weight is 154 g/mol. The van der Waals surface area contributed by atoms with Crippen LogP contribution in [0.5, 0.6) is 0 Å². The van der Waals surface area contributed by atoms with Gasteiger partial charge < -0.3 is 4.79 Å². The molecule has 0 bridgehead atoms. The van der Waals surface area contributed by atoms with Gasteiger partial charge in [-0.25, -0.2) is 0 Å². The van der Waals surface area contributed by atoms with Crippen LogP contribution in [0.4, 0.5) is 0 Å². The lowest BCUT2D eigenvalue weighted by Gasteiger charge is -2.34. The van der Waals surface area contributed by atoms with Gasteiger partial charge >= 0.3 is 0 Å². The zero-order valence-electron chi connectivity index (χ0n) is 7.71. The zero-order chi connectivity index (χ0) is 8.43. The molecule has 1 aliphatic rings. The molecule has 1 heteroatoms. The van der Waals surface area contributed by atoms with Crippen molar-refractivity contribution >= 4 is 6.29 Å². The summed E-state index contributed by atoms with van der Waals surface area (Å²) in [4.78, 5) is 10.7. The van der Waals surface area contributed by atoms with E-state index in [-0.39, 0.29) is 0 Å². The molecule has 1 rings (SSSR count). The van der Waals surface area contributed by atoms with Crippen LogP contribution in [0.1, 0.15) is 33.6 Å². The minimum absolute atomic E-state index is 0.328. The SMILES string of the molecule is C[C@H]1CC(C=O)[C@@H](C)[C@@H](C)C1. The maximum Gasteiger partial charge on any atom is 0.123 e. The van der Waals surface area contributed by atoms with Gasteiger partial charge in [-0.2, -0.15) is 0 Å². The van der Waals surface area contributed by atoms with Gasteiger partial charge in [0.15, 0.2) is 0 Å². The Kier molecular flexibility index (Phi) is 2.69. The summed E-state index contributed by atoms with van der Waals surface area (Å²) in [5.74, 6) is 2.41. The molecule has 0 amide bonds. The van der Waals surface area contributed by atoms with Crippen LogP contribution < -0.4 is 0 Å². The number of carbonyl (C=O) groups excluding carboxylic acids is 1. The van der Waals surface area contributed by atoms with Crippen molar-refractivity contribution in [3.05, 3.63) is 0 Å². The molecule has 1 nitrogen and oxygen atoms in total. The average Bonchev–Trinajstić information content (AvgIpc) is 1.96. The van der Waals surface area contributed by atoms with Crippen LogP contribution in [-0.4, -0.2) is 6.29 Å². The number of hydrogen-bond donors (Lipinski definition) is 0. The fourth-order valence-electron chi connectivity index (χ4n) is 2.23.